The molecule has 2 saturated heterocycles. The summed E-state index contributed by atoms with van der Waals surface area (Å²) in [6.45, 7) is 6.01. The maximum absolute atomic E-state index is 13.5. The van der Waals surface area contributed by atoms with Crippen LogP contribution >= 0.6 is 0 Å². The summed E-state index contributed by atoms with van der Waals surface area (Å²) < 4.78 is 5.64. The van der Waals surface area contributed by atoms with E-state index < -0.39 is 48.0 Å². The second-order valence-corrected chi connectivity index (χ2v) is 11.5. The molecule has 2 fully saturated rings. The van der Waals surface area contributed by atoms with E-state index in [9.17, 15) is 29.1 Å². The minimum absolute atomic E-state index is 0.200. The van der Waals surface area contributed by atoms with Crippen LogP contribution in [0.2, 0.25) is 0 Å². The number of nitrogens with one attached hydrogen (secondary N) is 3. The number of ether oxygens (including phenoxy) is 1. The fraction of sp³-hybridized carbons (Fsp3) is 0.621. The molecule has 1 aromatic rings. The molecule has 0 spiro atoms. The van der Waals surface area contributed by atoms with Crippen molar-refractivity contribution in [3.05, 3.63) is 29.8 Å². The minimum atomic E-state index is -0.961. The van der Waals surface area contributed by atoms with Gasteiger partial charge >= 0.3 is 0 Å². The number of benzene rings is 1. The molecule has 2 bridgehead atoms. The highest BCUT2D eigenvalue weighted by Gasteiger charge is 2.39. The number of likely N-dealkylation sites (tertiary alicyclic amines) is 1. The number of amides is 5. The van der Waals surface area contributed by atoms with E-state index in [1.165, 1.54) is 4.90 Å². The van der Waals surface area contributed by atoms with Gasteiger partial charge in [-0.05, 0) is 56.2 Å². The molecule has 5 rings (SSSR count). The SMILES string of the molecule is CC(C)[C@H]1NC(=O)COc2ccc(cc2)C[C@@H](C(=O)N2CCC(O)CC2)NC(=O)[C@H](C)NC(=O)[C@@H]2CCCN2C1=O. The van der Waals surface area contributed by atoms with E-state index in [1.54, 1.807) is 36.1 Å². The number of hydrogen-bond acceptors (Lipinski definition) is 7. The first-order valence-electron chi connectivity index (χ1n) is 14.4. The van der Waals surface area contributed by atoms with Crippen molar-refractivity contribution in [2.45, 2.75) is 83.1 Å². The van der Waals surface area contributed by atoms with Gasteiger partial charge in [-0.1, -0.05) is 26.0 Å². The van der Waals surface area contributed by atoms with Gasteiger partial charge in [0.2, 0.25) is 23.6 Å². The zero-order valence-electron chi connectivity index (χ0n) is 23.9. The van der Waals surface area contributed by atoms with Crippen LogP contribution < -0.4 is 20.7 Å². The lowest BCUT2D eigenvalue weighted by atomic mass is 10.0. The van der Waals surface area contributed by atoms with Crippen molar-refractivity contribution in [2.75, 3.05) is 26.2 Å². The first-order chi connectivity index (χ1) is 19.5. The highest BCUT2D eigenvalue weighted by molar-refractivity contribution is 5.96. The van der Waals surface area contributed by atoms with Crippen molar-refractivity contribution in [1.82, 2.24) is 25.8 Å². The smallest absolute Gasteiger partial charge is 0.258 e. The molecule has 0 radical (unpaired) electrons. The van der Waals surface area contributed by atoms with Crippen LogP contribution in [0, 0.1) is 5.92 Å². The molecule has 12 nitrogen and oxygen atoms in total. The summed E-state index contributed by atoms with van der Waals surface area (Å²) in [4.78, 5) is 69.3. The highest BCUT2D eigenvalue weighted by Crippen LogP contribution is 2.21. The van der Waals surface area contributed by atoms with Gasteiger partial charge in [-0.2, -0.15) is 0 Å². The Kier molecular flexibility index (Phi) is 9.85. The number of fused-ring (bicyclic) bond motifs is 13. The summed E-state index contributed by atoms with van der Waals surface area (Å²) in [6.07, 6.45) is 1.73. The predicted molar refractivity (Wildman–Crippen MR) is 149 cm³/mol. The fourth-order valence-electron chi connectivity index (χ4n) is 5.50. The Bertz CT molecular complexity index is 1130. The maximum atomic E-state index is 13.5. The van der Waals surface area contributed by atoms with Crippen LogP contribution in [0.15, 0.2) is 24.3 Å². The summed E-state index contributed by atoms with van der Waals surface area (Å²) in [5.41, 5.74) is 0.763. The Balaban J connectivity index is 1.59. The molecule has 4 heterocycles. The van der Waals surface area contributed by atoms with Gasteiger partial charge in [-0.25, -0.2) is 0 Å². The molecule has 41 heavy (non-hydrogen) atoms. The lowest BCUT2D eigenvalue weighted by molar-refractivity contribution is -0.143. The summed E-state index contributed by atoms with van der Waals surface area (Å²) in [5, 5.41) is 18.2. The molecular weight excluding hydrogens is 530 g/mol. The van der Waals surface area contributed by atoms with Gasteiger partial charge in [0.1, 0.15) is 29.9 Å². The molecule has 0 aromatic heterocycles. The Morgan fingerprint density at radius 2 is 1.63 bits per heavy atom. The average molecular weight is 572 g/mol. The van der Waals surface area contributed by atoms with Gasteiger partial charge < -0.3 is 35.6 Å². The van der Waals surface area contributed by atoms with Crippen molar-refractivity contribution in [3.8, 4) is 5.75 Å². The average Bonchev–Trinajstić information content (AvgIpc) is 3.44. The van der Waals surface area contributed by atoms with Crippen LogP contribution in [0.1, 0.15) is 52.0 Å². The highest BCUT2D eigenvalue weighted by atomic mass is 16.5. The molecule has 0 aliphatic carbocycles. The predicted octanol–water partition coefficient (Wildman–Crippen LogP) is -0.274. The molecule has 5 amide bonds. The number of hydrogen-bond donors (Lipinski definition) is 4. The number of piperidine rings is 1. The minimum Gasteiger partial charge on any atom is -0.484 e. The van der Waals surface area contributed by atoms with Crippen molar-refractivity contribution < 1.29 is 33.8 Å². The van der Waals surface area contributed by atoms with Gasteiger partial charge in [-0.15, -0.1) is 0 Å². The number of aliphatic hydroxyl groups is 1. The molecule has 4 N–H and O–H groups in total. The Morgan fingerprint density at radius 1 is 0.951 bits per heavy atom. The second-order valence-electron chi connectivity index (χ2n) is 11.5. The van der Waals surface area contributed by atoms with Crippen LogP contribution in [-0.4, -0.2) is 101 Å². The maximum Gasteiger partial charge on any atom is 0.258 e. The summed E-state index contributed by atoms with van der Waals surface area (Å²) >= 11 is 0. The molecule has 4 aliphatic heterocycles. The van der Waals surface area contributed by atoms with Gasteiger partial charge in [0.25, 0.3) is 5.91 Å². The molecule has 4 aliphatic rings. The molecule has 0 saturated carbocycles. The van der Waals surface area contributed by atoms with Crippen LogP contribution in [-0.2, 0) is 30.4 Å². The number of carbonyl (C=O) groups excluding carboxylic acids is 5. The normalized spacial score (nSPS) is 27.2. The molecule has 12 heteroatoms. The lowest BCUT2D eigenvalue weighted by Gasteiger charge is -2.33. The first kappa shape index (κ1) is 30.3. The topological polar surface area (TPSA) is 157 Å². The Labute approximate surface area is 240 Å². The van der Waals surface area contributed by atoms with E-state index in [0.717, 1.165) is 5.56 Å². The number of carbonyl (C=O) groups is 5. The van der Waals surface area contributed by atoms with Gasteiger partial charge in [0.15, 0.2) is 6.61 Å². The Morgan fingerprint density at radius 3 is 2.29 bits per heavy atom. The van der Waals surface area contributed by atoms with E-state index in [-0.39, 0.29) is 30.8 Å². The number of nitrogens with zero attached hydrogens (tertiary/aromatic N) is 2. The third-order valence-electron chi connectivity index (χ3n) is 7.96. The van der Waals surface area contributed by atoms with E-state index in [2.05, 4.69) is 16.0 Å². The second kappa shape index (κ2) is 13.3. The van der Waals surface area contributed by atoms with E-state index in [0.29, 0.717) is 51.1 Å². The van der Waals surface area contributed by atoms with Gasteiger partial charge in [-0.3, -0.25) is 24.0 Å². The molecule has 4 atom stereocenters. The zero-order valence-corrected chi connectivity index (χ0v) is 23.9. The summed E-state index contributed by atoms with van der Waals surface area (Å²) in [7, 11) is 0. The lowest BCUT2D eigenvalue weighted by Crippen LogP contribution is -2.58. The number of rotatable bonds is 2. The van der Waals surface area contributed by atoms with Crippen molar-refractivity contribution in [2.24, 2.45) is 5.92 Å². The summed E-state index contributed by atoms with van der Waals surface area (Å²) in [5.74, 6) is -1.85. The molecule has 0 unspecified atom stereocenters. The largest absolute Gasteiger partial charge is 0.484 e. The van der Waals surface area contributed by atoms with Gasteiger partial charge in [0, 0.05) is 26.1 Å². The van der Waals surface area contributed by atoms with Gasteiger partial charge in [0.05, 0.1) is 6.10 Å². The van der Waals surface area contributed by atoms with Crippen molar-refractivity contribution in [3.63, 3.8) is 0 Å². The van der Waals surface area contributed by atoms with Crippen LogP contribution in [0.3, 0.4) is 0 Å². The van der Waals surface area contributed by atoms with Crippen molar-refractivity contribution in [1.29, 1.82) is 0 Å². The standard InChI is InChI=1S/C29H41N5O7/c1-17(2)25-29(40)34-12-4-5-23(34)27(38)30-18(3)26(37)31-22(28(39)33-13-10-20(35)11-14-33)15-19-6-8-21(9-7-19)41-16-24(36)32-25/h6-9,17-18,20,22-23,25,35H,4-5,10-16H2,1-3H3,(H,30,38)(H,31,37)(H,32,36)/t18-,22-,23-,25+/m0/s1. The number of aliphatic hydroxyl groups excluding tert-OH is 1. The summed E-state index contributed by atoms with van der Waals surface area (Å²) in [6, 6.07) is 3.40. The Hall–Kier alpha value is -3.67. The van der Waals surface area contributed by atoms with Crippen LogP contribution in [0.4, 0.5) is 0 Å². The third kappa shape index (κ3) is 7.55. The van der Waals surface area contributed by atoms with E-state index in [4.69, 9.17) is 4.74 Å². The third-order valence-corrected chi connectivity index (χ3v) is 7.96. The van der Waals surface area contributed by atoms with E-state index in [1.807, 2.05) is 13.8 Å². The first-order valence-corrected chi connectivity index (χ1v) is 14.4. The quantitative estimate of drug-likeness (QED) is 0.380. The molecule has 1 aromatic carbocycles. The van der Waals surface area contributed by atoms with E-state index >= 15 is 0 Å². The molecule has 224 valence electrons. The zero-order chi connectivity index (χ0) is 29.7. The monoisotopic (exact) mass is 571 g/mol. The van der Waals surface area contributed by atoms with Crippen molar-refractivity contribution >= 4 is 29.5 Å². The van der Waals surface area contributed by atoms with Crippen LogP contribution in [0.5, 0.6) is 5.75 Å². The fourth-order valence-corrected chi connectivity index (χ4v) is 5.50. The van der Waals surface area contributed by atoms with Crippen LogP contribution in [0.25, 0.3) is 0 Å². The molecular formula is C29H41N5O7.